The lowest BCUT2D eigenvalue weighted by Crippen LogP contribution is -2.51. The lowest BCUT2D eigenvalue weighted by molar-refractivity contribution is -0.148. The average molecular weight is 505 g/mol. The van der Waals surface area contributed by atoms with Gasteiger partial charge in [-0.05, 0) is 66.1 Å². The number of likely N-dealkylation sites (tertiary alicyclic amines) is 1. The molecule has 9 heteroatoms. The van der Waals surface area contributed by atoms with Gasteiger partial charge in [0.1, 0.15) is 12.4 Å². The molecule has 1 heterocycles. The van der Waals surface area contributed by atoms with E-state index < -0.39 is 17.7 Å². The number of hydrogen-bond acceptors (Lipinski definition) is 5. The van der Waals surface area contributed by atoms with Crippen LogP contribution in [0.2, 0.25) is 0 Å². The van der Waals surface area contributed by atoms with Crippen LogP contribution in [-0.2, 0) is 28.8 Å². The summed E-state index contributed by atoms with van der Waals surface area (Å²) in [5.74, 6) is -1.10. The molecule has 6 nitrogen and oxygen atoms in total. The molecule has 1 saturated heterocycles. The van der Waals surface area contributed by atoms with Gasteiger partial charge in [-0.15, -0.1) is 0 Å². The highest BCUT2D eigenvalue weighted by Gasteiger charge is 2.39. The molecule has 4 rings (SSSR count). The van der Waals surface area contributed by atoms with Crippen LogP contribution in [0.4, 0.5) is 13.2 Å². The highest BCUT2D eigenvalue weighted by Crippen LogP contribution is 2.40. The number of alkyl halides is 3. The summed E-state index contributed by atoms with van der Waals surface area (Å²) < 4.78 is 45.9. The summed E-state index contributed by atoms with van der Waals surface area (Å²) in [6, 6.07) is 10.2. The zero-order valence-electron chi connectivity index (χ0n) is 20.6. The van der Waals surface area contributed by atoms with Crippen molar-refractivity contribution in [2.75, 3.05) is 19.7 Å². The molecular formula is C27H31F3N2O4. The standard InChI is InChI=1S/C27H31F3N2O4/c1-16(2)14-35-25-9-4-18(10-23(25)27(28,29)30)15-36-31-17(3)19-5-7-22-20(11-19)6-8-24(22)32-12-21(13-32)26(33)34/h4-5,7,9-11,16,21,24H,6,8,12-15H2,1-3H3,(H,33,34)/b31-17+/t24-/m1/s1. The first-order valence-corrected chi connectivity index (χ1v) is 12.1. The van der Waals surface area contributed by atoms with Gasteiger partial charge in [0.2, 0.25) is 0 Å². The summed E-state index contributed by atoms with van der Waals surface area (Å²) in [7, 11) is 0. The summed E-state index contributed by atoms with van der Waals surface area (Å²) in [6.45, 7) is 6.80. The van der Waals surface area contributed by atoms with Crippen LogP contribution in [-0.4, -0.2) is 41.4 Å². The van der Waals surface area contributed by atoms with Crippen LogP contribution in [0.3, 0.4) is 0 Å². The largest absolute Gasteiger partial charge is 0.493 e. The number of carbonyl (C=O) groups is 1. The summed E-state index contributed by atoms with van der Waals surface area (Å²) in [5.41, 5.74) is 3.46. The fourth-order valence-electron chi connectivity index (χ4n) is 4.65. The Labute approximate surface area is 208 Å². The Balaban J connectivity index is 1.39. The zero-order chi connectivity index (χ0) is 26.0. The molecule has 0 radical (unpaired) electrons. The fourth-order valence-corrected chi connectivity index (χ4v) is 4.65. The number of rotatable bonds is 9. The number of hydrogen-bond donors (Lipinski definition) is 1. The number of ether oxygens (including phenoxy) is 1. The number of aliphatic carboxylic acids is 1. The Morgan fingerprint density at radius 1 is 1.19 bits per heavy atom. The van der Waals surface area contributed by atoms with E-state index >= 15 is 0 Å². The van der Waals surface area contributed by atoms with Crippen LogP contribution in [0.1, 0.15) is 61.1 Å². The molecule has 194 valence electrons. The Morgan fingerprint density at radius 2 is 1.94 bits per heavy atom. The van der Waals surface area contributed by atoms with E-state index in [1.54, 1.807) is 13.0 Å². The maximum absolute atomic E-state index is 13.5. The third kappa shape index (κ3) is 5.83. The van der Waals surface area contributed by atoms with Crippen molar-refractivity contribution in [3.63, 3.8) is 0 Å². The molecule has 2 aromatic carbocycles. The number of aryl methyl sites for hydroxylation is 1. The minimum absolute atomic E-state index is 0.0996. The molecule has 0 unspecified atom stereocenters. The lowest BCUT2D eigenvalue weighted by atomic mass is 9.95. The molecule has 1 aliphatic carbocycles. The normalized spacial score (nSPS) is 18.8. The monoisotopic (exact) mass is 504 g/mol. The first kappa shape index (κ1) is 26.0. The van der Waals surface area contributed by atoms with Crippen LogP contribution >= 0.6 is 0 Å². The SMILES string of the molecule is C/C(=N\OCc1ccc(OCC(C)C)c(C(F)(F)F)c1)c1ccc2c(c1)CC[C@H]2N1CC(C(=O)O)C1. The van der Waals surface area contributed by atoms with Gasteiger partial charge in [-0.3, -0.25) is 9.69 Å². The van der Waals surface area contributed by atoms with Gasteiger partial charge < -0.3 is 14.7 Å². The number of carboxylic acid groups (broad SMARTS) is 1. The molecule has 2 aliphatic rings. The third-order valence-corrected chi connectivity index (χ3v) is 6.66. The van der Waals surface area contributed by atoms with Gasteiger partial charge in [-0.1, -0.05) is 37.2 Å². The van der Waals surface area contributed by atoms with Gasteiger partial charge in [0.15, 0.2) is 0 Å². The lowest BCUT2D eigenvalue weighted by Gasteiger charge is -2.41. The van der Waals surface area contributed by atoms with E-state index in [0.29, 0.717) is 24.4 Å². The van der Waals surface area contributed by atoms with Crippen LogP contribution in [0.5, 0.6) is 5.75 Å². The average Bonchev–Trinajstić information content (AvgIpc) is 3.19. The molecule has 0 bridgehead atoms. The number of carboxylic acids is 1. The van der Waals surface area contributed by atoms with Crippen LogP contribution < -0.4 is 4.74 Å². The third-order valence-electron chi connectivity index (χ3n) is 6.66. The van der Waals surface area contributed by atoms with Crippen LogP contribution in [0.15, 0.2) is 41.6 Å². The minimum Gasteiger partial charge on any atom is -0.493 e. The second-order valence-electron chi connectivity index (χ2n) is 9.94. The molecule has 0 saturated carbocycles. The van der Waals surface area contributed by atoms with E-state index in [4.69, 9.17) is 14.7 Å². The fraction of sp³-hybridized carbons (Fsp3) is 0.481. The molecule has 1 fully saturated rings. The van der Waals surface area contributed by atoms with Gasteiger partial charge in [0.05, 0.1) is 23.8 Å². The minimum atomic E-state index is -4.53. The van der Waals surface area contributed by atoms with Crippen molar-refractivity contribution >= 4 is 11.7 Å². The quantitative estimate of drug-likeness (QED) is 0.351. The maximum atomic E-state index is 13.5. The molecule has 0 aromatic heterocycles. The predicted octanol–water partition coefficient (Wildman–Crippen LogP) is 5.68. The van der Waals surface area contributed by atoms with Gasteiger partial charge >= 0.3 is 12.1 Å². The van der Waals surface area contributed by atoms with Crippen molar-refractivity contribution in [3.8, 4) is 5.75 Å². The number of halogens is 3. The Morgan fingerprint density at radius 3 is 2.61 bits per heavy atom. The van der Waals surface area contributed by atoms with E-state index in [1.807, 2.05) is 19.9 Å². The first-order valence-electron chi connectivity index (χ1n) is 12.1. The number of fused-ring (bicyclic) bond motifs is 1. The van der Waals surface area contributed by atoms with Crippen molar-refractivity contribution < 1.29 is 32.6 Å². The Hall–Kier alpha value is -3.07. The molecule has 1 atom stereocenters. The van der Waals surface area contributed by atoms with Crippen molar-refractivity contribution in [1.29, 1.82) is 0 Å². The van der Waals surface area contributed by atoms with E-state index in [9.17, 15) is 18.0 Å². The van der Waals surface area contributed by atoms with Crippen LogP contribution in [0.25, 0.3) is 0 Å². The van der Waals surface area contributed by atoms with Crippen LogP contribution in [0, 0.1) is 11.8 Å². The second-order valence-corrected chi connectivity index (χ2v) is 9.94. The molecular weight excluding hydrogens is 473 g/mol. The molecule has 1 N–H and O–H groups in total. The first-order chi connectivity index (χ1) is 17.0. The second kappa shape index (κ2) is 10.5. The molecule has 1 aliphatic heterocycles. The molecule has 0 spiro atoms. The van der Waals surface area contributed by atoms with E-state index in [2.05, 4.69) is 22.2 Å². The van der Waals surface area contributed by atoms with E-state index in [-0.39, 0.29) is 36.8 Å². The van der Waals surface area contributed by atoms with Gasteiger partial charge in [-0.25, -0.2) is 0 Å². The molecule has 2 aromatic rings. The number of nitrogens with zero attached hydrogens (tertiary/aromatic N) is 2. The van der Waals surface area contributed by atoms with Crippen molar-refractivity contribution in [1.82, 2.24) is 4.90 Å². The van der Waals surface area contributed by atoms with Gasteiger partial charge in [0.25, 0.3) is 0 Å². The summed E-state index contributed by atoms with van der Waals surface area (Å²) in [5, 5.41) is 13.3. The number of oxime groups is 1. The van der Waals surface area contributed by atoms with Crippen molar-refractivity contribution in [2.45, 2.75) is 52.4 Å². The predicted molar refractivity (Wildman–Crippen MR) is 129 cm³/mol. The zero-order valence-corrected chi connectivity index (χ0v) is 20.6. The summed E-state index contributed by atoms with van der Waals surface area (Å²) in [6.07, 6.45) is -2.67. The summed E-state index contributed by atoms with van der Waals surface area (Å²) in [4.78, 5) is 18.7. The molecule has 36 heavy (non-hydrogen) atoms. The van der Waals surface area contributed by atoms with Gasteiger partial charge in [0, 0.05) is 19.1 Å². The number of benzene rings is 2. The Kier molecular flexibility index (Phi) is 7.59. The van der Waals surface area contributed by atoms with Crippen molar-refractivity contribution in [2.24, 2.45) is 17.0 Å². The summed E-state index contributed by atoms with van der Waals surface area (Å²) >= 11 is 0. The van der Waals surface area contributed by atoms with Gasteiger partial charge in [-0.2, -0.15) is 13.2 Å². The van der Waals surface area contributed by atoms with E-state index in [0.717, 1.165) is 24.5 Å². The highest BCUT2D eigenvalue weighted by molar-refractivity contribution is 5.98. The highest BCUT2D eigenvalue weighted by atomic mass is 19.4. The smallest absolute Gasteiger partial charge is 0.419 e. The Bertz CT molecular complexity index is 1140. The maximum Gasteiger partial charge on any atom is 0.419 e. The molecule has 0 amide bonds. The van der Waals surface area contributed by atoms with Crippen molar-refractivity contribution in [3.05, 3.63) is 64.2 Å². The topological polar surface area (TPSA) is 71.4 Å². The van der Waals surface area contributed by atoms with E-state index in [1.165, 1.54) is 17.2 Å².